The molecule has 0 fully saturated rings. The second-order valence-corrected chi connectivity index (χ2v) is 4.53. The van der Waals surface area contributed by atoms with Crippen molar-refractivity contribution in [2.75, 3.05) is 13.7 Å². The first-order valence-electron chi connectivity index (χ1n) is 6.22. The van der Waals surface area contributed by atoms with Gasteiger partial charge in [-0.25, -0.2) is 0 Å². The van der Waals surface area contributed by atoms with Gasteiger partial charge in [-0.05, 0) is 55.5 Å². The third kappa shape index (κ3) is 2.56. The monoisotopic (exact) mass is 219 g/mol. The third-order valence-electron chi connectivity index (χ3n) is 3.32. The molecule has 0 saturated carbocycles. The molecule has 0 unspecified atom stereocenters. The normalized spacial score (nSPS) is 19.2. The highest BCUT2D eigenvalue weighted by Crippen LogP contribution is 2.25. The second kappa shape index (κ2) is 5.35. The van der Waals surface area contributed by atoms with Crippen LogP contribution in [0.25, 0.3) is 0 Å². The Kier molecular flexibility index (Phi) is 3.83. The van der Waals surface area contributed by atoms with Crippen molar-refractivity contribution in [1.29, 1.82) is 0 Å². The largest absolute Gasteiger partial charge is 0.497 e. The maximum Gasteiger partial charge on any atom is 0.119 e. The van der Waals surface area contributed by atoms with Gasteiger partial charge in [0.2, 0.25) is 0 Å². The zero-order chi connectivity index (χ0) is 11.4. The highest BCUT2D eigenvalue weighted by Gasteiger charge is 2.17. The van der Waals surface area contributed by atoms with Gasteiger partial charge >= 0.3 is 0 Å². The molecule has 2 rings (SSSR count). The lowest BCUT2D eigenvalue weighted by Crippen LogP contribution is -2.34. The van der Waals surface area contributed by atoms with Crippen molar-refractivity contribution in [3.8, 4) is 5.75 Å². The standard InChI is InChI=1S/C14H21NO/c1-3-8-15-13-6-4-12-10-14(16-2)7-5-11(12)9-13/h5,7,10,13,15H,3-4,6,8-9H2,1-2H3/t13-/m1/s1. The van der Waals surface area contributed by atoms with Crippen molar-refractivity contribution < 1.29 is 4.74 Å². The molecular formula is C14H21NO. The van der Waals surface area contributed by atoms with Crippen LogP contribution in [0.4, 0.5) is 0 Å². The van der Waals surface area contributed by atoms with Crippen molar-refractivity contribution in [2.45, 2.75) is 38.6 Å². The van der Waals surface area contributed by atoms with E-state index >= 15 is 0 Å². The molecule has 1 N–H and O–H groups in total. The van der Waals surface area contributed by atoms with Crippen LogP contribution in [-0.4, -0.2) is 19.7 Å². The molecule has 0 spiro atoms. The molecule has 0 aromatic heterocycles. The highest BCUT2D eigenvalue weighted by molar-refractivity contribution is 5.37. The minimum atomic E-state index is 0.667. The van der Waals surface area contributed by atoms with Gasteiger partial charge in [0, 0.05) is 6.04 Å². The summed E-state index contributed by atoms with van der Waals surface area (Å²) in [7, 11) is 1.73. The van der Waals surface area contributed by atoms with Crippen molar-refractivity contribution in [1.82, 2.24) is 5.32 Å². The van der Waals surface area contributed by atoms with Crippen LogP contribution < -0.4 is 10.1 Å². The molecule has 1 aromatic carbocycles. The van der Waals surface area contributed by atoms with E-state index in [-0.39, 0.29) is 0 Å². The SMILES string of the molecule is CCCN[C@@H]1CCc2cc(OC)ccc2C1. The molecule has 0 bridgehead atoms. The first-order chi connectivity index (χ1) is 7.83. The Morgan fingerprint density at radius 2 is 2.25 bits per heavy atom. The number of fused-ring (bicyclic) bond motifs is 1. The number of ether oxygens (including phenoxy) is 1. The minimum absolute atomic E-state index is 0.667. The average molecular weight is 219 g/mol. The Morgan fingerprint density at radius 3 is 3.00 bits per heavy atom. The van der Waals surface area contributed by atoms with Gasteiger partial charge in [-0.3, -0.25) is 0 Å². The topological polar surface area (TPSA) is 21.3 Å². The van der Waals surface area contributed by atoms with E-state index in [2.05, 4.69) is 30.4 Å². The van der Waals surface area contributed by atoms with Gasteiger partial charge in [-0.15, -0.1) is 0 Å². The Labute approximate surface area is 98.0 Å². The molecule has 2 heteroatoms. The number of hydrogen-bond donors (Lipinski definition) is 1. The van der Waals surface area contributed by atoms with Gasteiger partial charge in [0.15, 0.2) is 0 Å². The van der Waals surface area contributed by atoms with Gasteiger partial charge in [0.25, 0.3) is 0 Å². The lowest BCUT2D eigenvalue weighted by molar-refractivity contribution is 0.411. The third-order valence-corrected chi connectivity index (χ3v) is 3.32. The van der Waals surface area contributed by atoms with Crippen LogP contribution in [0, 0.1) is 0 Å². The summed E-state index contributed by atoms with van der Waals surface area (Å²) >= 11 is 0. The fourth-order valence-corrected chi connectivity index (χ4v) is 2.38. The van der Waals surface area contributed by atoms with Crippen molar-refractivity contribution in [3.63, 3.8) is 0 Å². The number of rotatable bonds is 4. The summed E-state index contributed by atoms with van der Waals surface area (Å²) < 4.78 is 5.26. The van der Waals surface area contributed by atoms with Crippen LogP contribution >= 0.6 is 0 Å². The second-order valence-electron chi connectivity index (χ2n) is 4.53. The smallest absolute Gasteiger partial charge is 0.119 e. The van der Waals surface area contributed by atoms with Gasteiger partial charge in [-0.2, -0.15) is 0 Å². The quantitative estimate of drug-likeness (QED) is 0.840. The van der Waals surface area contributed by atoms with Gasteiger partial charge in [0.1, 0.15) is 5.75 Å². The summed E-state index contributed by atoms with van der Waals surface area (Å²) in [6.45, 7) is 3.35. The maximum atomic E-state index is 5.26. The van der Waals surface area contributed by atoms with Gasteiger partial charge in [0.05, 0.1) is 7.11 Å². The number of hydrogen-bond acceptors (Lipinski definition) is 2. The minimum Gasteiger partial charge on any atom is -0.497 e. The lowest BCUT2D eigenvalue weighted by Gasteiger charge is -2.25. The van der Waals surface area contributed by atoms with Crippen molar-refractivity contribution in [3.05, 3.63) is 29.3 Å². The van der Waals surface area contributed by atoms with E-state index in [9.17, 15) is 0 Å². The molecule has 1 aromatic rings. The summed E-state index contributed by atoms with van der Waals surface area (Å²) in [6.07, 6.45) is 4.80. The van der Waals surface area contributed by atoms with Crippen molar-refractivity contribution in [2.24, 2.45) is 0 Å². The summed E-state index contributed by atoms with van der Waals surface area (Å²) in [5.74, 6) is 0.985. The highest BCUT2D eigenvalue weighted by atomic mass is 16.5. The van der Waals surface area contributed by atoms with E-state index < -0.39 is 0 Å². The fraction of sp³-hybridized carbons (Fsp3) is 0.571. The molecule has 0 radical (unpaired) electrons. The lowest BCUT2D eigenvalue weighted by atomic mass is 9.88. The molecule has 2 nitrogen and oxygen atoms in total. The Balaban J connectivity index is 2.04. The molecule has 1 aliphatic rings. The van der Waals surface area contributed by atoms with Crippen LogP contribution in [0.3, 0.4) is 0 Å². The summed E-state index contributed by atoms with van der Waals surface area (Å²) in [6, 6.07) is 7.14. The summed E-state index contributed by atoms with van der Waals surface area (Å²) in [5, 5.41) is 3.61. The summed E-state index contributed by atoms with van der Waals surface area (Å²) in [4.78, 5) is 0. The van der Waals surface area contributed by atoms with Gasteiger partial charge in [-0.1, -0.05) is 13.0 Å². The van der Waals surface area contributed by atoms with Crippen LogP contribution in [-0.2, 0) is 12.8 Å². The molecule has 1 atom stereocenters. The zero-order valence-electron chi connectivity index (χ0n) is 10.3. The molecule has 0 heterocycles. The van der Waals surface area contributed by atoms with Crippen molar-refractivity contribution >= 4 is 0 Å². The van der Waals surface area contributed by atoms with E-state index in [0.29, 0.717) is 6.04 Å². The molecule has 0 amide bonds. The predicted molar refractivity (Wildman–Crippen MR) is 67.1 cm³/mol. The number of methoxy groups -OCH3 is 1. The van der Waals surface area contributed by atoms with E-state index in [4.69, 9.17) is 4.74 Å². The average Bonchev–Trinajstić information content (AvgIpc) is 2.35. The van der Waals surface area contributed by atoms with Crippen LogP contribution in [0.2, 0.25) is 0 Å². The molecule has 0 aliphatic heterocycles. The fourth-order valence-electron chi connectivity index (χ4n) is 2.38. The number of nitrogens with one attached hydrogen (secondary N) is 1. The van der Waals surface area contributed by atoms with E-state index in [1.54, 1.807) is 7.11 Å². The molecule has 16 heavy (non-hydrogen) atoms. The van der Waals surface area contributed by atoms with E-state index in [0.717, 1.165) is 12.3 Å². The van der Waals surface area contributed by atoms with Gasteiger partial charge < -0.3 is 10.1 Å². The Hall–Kier alpha value is -1.02. The Morgan fingerprint density at radius 1 is 1.38 bits per heavy atom. The predicted octanol–water partition coefficient (Wildman–Crippen LogP) is 2.55. The first-order valence-corrected chi connectivity index (χ1v) is 6.22. The van der Waals surface area contributed by atoms with Crippen LogP contribution in [0.5, 0.6) is 5.75 Å². The van der Waals surface area contributed by atoms with Crippen LogP contribution in [0.15, 0.2) is 18.2 Å². The van der Waals surface area contributed by atoms with E-state index in [1.165, 1.54) is 36.8 Å². The molecular weight excluding hydrogens is 198 g/mol. The first kappa shape index (κ1) is 11.5. The number of aryl methyl sites for hydroxylation is 1. The maximum absolute atomic E-state index is 5.26. The molecule has 88 valence electrons. The molecule has 0 saturated heterocycles. The molecule has 1 aliphatic carbocycles. The van der Waals surface area contributed by atoms with Crippen LogP contribution in [0.1, 0.15) is 30.9 Å². The number of benzene rings is 1. The summed E-state index contributed by atoms with van der Waals surface area (Å²) in [5.41, 5.74) is 2.95. The zero-order valence-corrected chi connectivity index (χ0v) is 10.3. The Bertz CT molecular complexity index is 349. The van der Waals surface area contributed by atoms with E-state index in [1.807, 2.05) is 0 Å².